The quantitative estimate of drug-likeness (QED) is 0.469. The van der Waals surface area contributed by atoms with Gasteiger partial charge in [0.1, 0.15) is 5.75 Å². The average molecular weight is 456 g/mol. The number of hydrogen-bond acceptors (Lipinski definition) is 6. The second kappa shape index (κ2) is 11.0. The number of ether oxygens (including phenoxy) is 1. The van der Waals surface area contributed by atoms with Crippen molar-refractivity contribution in [1.82, 2.24) is 15.2 Å². The first-order valence-corrected chi connectivity index (χ1v) is 12.7. The fourth-order valence-electron chi connectivity index (χ4n) is 3.94. The zero-order valence-corrected chi connectivity index (χ0v) is 19.5. The monoisotopic (exact) mass is 455 g/mol. The fourth-order valence-corrected chi connectivity index (χ4v) is 5.87. The number of aromatic nitrogens is 1. The molecule has 0 aliphatic carbocycles. The lowest BCUT2D eigenvalue weighted by atomic mass is 9.97. The molecule has 5 nitrogen and oxygen atoms in total. The summed E-state index contributed by atoms with van der Waals surface area (Å²) in [6.45, 7) is 6.55. The number of piperidine rings is 1. The number of amides is 1. The largest absolute Gasteiger partial charge is 0.494 e. The first-order chi connectivity index (χ1) is 15.2. The van der Waals surface area contributed by atoms with E-state index in [-0.39, 0.29) is 5.91 Å². The first kappa shape index (κ1) is 22.1. The zero-order valence-electron chi connectivity index (χ0n) is 17.9. The molecule has 2 aromatic carbocycles. The molecule has 1 aromatic heterocycles. The number of carbonyl (C=O) groups is 1. The summed E-state index contributed by atoms with van der Waals surface area (Å²) in [5.41, 5.74) is 2.31. The lowest BCUT2D eigenvalue weighted by Crippen LogP contribution is -2.40. The number of rotatable bonds is 9. The van der Waals surface area contributed by atoms with Crippen molar-refractivity contribution in [2.45, 2.75) is 30.6 Å². The molecule has 1 N–H and O–H groups in total. The van der Waals surface area contributed by atoms with Gasteiger partial charge >= 0.3 is 0 Å². The van der Waals surface area contributed by atoms with E-state index in [2.05, 4.69) is 45.5 Å². The number of nitrogens with one attached hydrogen (secondary N) is 1. The van der Waals surface area contributed by atoms with Crippen LogP contribution in [0.4, 0.5) is 0 Å². The highest BCUT2D eigenvalue weighted by Crippen LogP contribution is 2.31. The Morgan fingerprint density at radius 2 is 2.16 bits per heavy atom. The number of hydrogen-bond donors (Lipinski definition) is 1. The number of benzene rings is 2. The fraction of sp³-hybridized carbons (Fsp3) is 0.417. The van der Waals surface area contributed by atoms with Crippen LogP contribution in [-0.2, 0) is 11.3 Å². The van der Waals surface area contributed by atoms with Crippen LogP contribution in [0.2, 0.25) is 0 Å². The Balaban J connectivity index is 1.21. The predicted octanol–water partition coefficient (Wildman–Crippen LogP) is 4.82. The molecule has 1 fully saturated rings. The number of fused-ring (bicyclic) bond motifs is 1. The van der Waals surface area contributed by atoms with Gasteiger partial charge in [-0.15, -0.1) is 11.3 Å². The van der Waals surface area contributed by atoms with E-state index in [1.165, 1.54) is 30.2 Å². The molecule has 1 atom stereocenters. The van der Waals surface area contributed by atoms with Crippen molar-refractivity contribution in [3.8, 4) is 5.75 Å². The molecule has 0 bridgehead atoms. The summed E-state index contributed by atoms with van der Waals surface area (Å²) < 4.78 is 7.57. The predicted molar refractivity (Wildman–Crippen MR) is 129 cm³/mol. The minimum absolute atomic E-state index is 0.0828. The summed E-state index contributed by atoms with van der Waals surface area (Å²) in [6, 6.07) is 16.6. The van der Waals surface area contributed by atoms with Crippen molar-refractivity contribution in [2.75, 3.05) is 32.0 Å². The number of thioether (sulfide) groups is 1. The van der Waals surface area contributed by atoms with Crippen LogP contribution in [-0.4, -0.2) is 47.8 Å². The van der Waals surface area contributed by atoms with E-state index in [0.717, 1.165) is 46.5 Å². The molecule has 1 aliphatic heterocycles. The maximum atomic E-state index is 12.4. The Bertz CT molecular complexity index is 993. The Kier molecular flexibility index (Phi) is 7.83. The van der Waals surface area contributed by atoms with Gasteiger partial charge in [0.15, 0.2) is 4.34 Å². The third-order valence-corrected chi connectivity index (χ3v) is 7.58. The lowest BCUT2D eigenvalue weighted by molar-refractivity contribution is -0.118. The maximum absolute atomic E-state index is 12.4. The van der Waals surface area contributed by atoms with Gasteiger partial charge in [-0.2, -0.15) is 0 Å². The highest BCUT2D eigenvalue weighted by atomic mass is 32.2. The summed E-state index contributed by atoms with van der Waals surface area (Å²) in [7, 11) is 0. The third kappa shape index (κ3) is 6.45. The van der Waals surface area contributed by atoms with Gasteiger partial charge < -0.3 is 10.1 Å². The Labute approximate surface area is 192 Å². The first-order valence-electron chi connectivity index (χ1n) is 10.9. The van der Waals surface area contributed by atoms with E-state index in [1.807, 2.05) is 25.1 Å². The van der Waals surface area contributed by atoms with Crippen LogP contribution >= 0.6 is 23.1 Å². The number of nitrogens with zero attached hydrogens (tertiary/aromatic N) is 2. The molecule has 2 heterocycles. The molecule has 1 unspecified atom stereocenters. The van der Waals surface area contributed by atoms with Crippen LogP contribution in [0.3, 0.4) is 0 Å². The van der Waals surface area contributed by atoms with Crippen molar-refractivity contribution >= 4 is 39.2 Å². The van der Waals surface area contributed by atoms with Gasteiger partial charge in [0.25, 0.3) is 0 Å². The summed E-state index contributed by atoms with van der Waals surface area (Å²) in [4.78, 5) is 19.5. The van der Waals surface area contributed by atoms with Crippen molar-refractivity contribution in [3.05, 3.63) is 54.1 Å². The molecule has 0 saturated carbocycles. The number of likely N-dealkylation sites (tertiary alicyclic amines) is 1. The third-order valence-electron chi connectivity index (χ3n) is 5.42. The van der Waals surface area contributed by atoms with E-state index >= 15 is 0 Å². The summed E-state index contributed by atoms with van der Waals surface area (Å²) >= 11 is 3.12. The molecule has 1 amide bonds. The molecule has 31 heavy (non-hydrogen) atoms. The van der Waals surface area contributed by atoms with Crippen LogP contribution in [0.5, 0.6) is 5.75 Å². The van der Waals surface area contributed by atoms with Crippen LogP contribution in [0, 0.1) is 5.92 Å². The standard InChI is InChI=1S/C24H29N3O2S2/c1-2-29-20-10-11-21-22(13-20)31-24(26-21)30-17-23(28)25-14-19-9-6-12-27(16-19)15-18-7-4-3-5-8-18/h3-5,7-8,10-11,13,19H,2,6,9,12,14-17H2,1H3,(H,25,28). The van der Waals surface area contributed by atoms with Crippen LogP contribution in [0.1, 0.15) is 25.3 Å². The molecule has 0 radical (unpaired) electrons. The molecular formula is C24H29N3O2S2. The Morgan fingerprint density at radius 1 is 1.29 bits per heavy atom. The molecule has 164 valence electrons. The van der Waals surface area contributed by atoms with E-state index in [0.29, 0.717) is 18.3 Å². The van der Waals surface area contributed by atoms with E-state index in [1.54, 1.807) is 11.3 Å². The number of thiazole rings is 1. The average Bonchev–Trinajstić information content (AvgIpc) is 3.20. The minimum atomic E-state index is 0.0828. The van der Waals surface area contributed by atoms with E-state index < -0.39 is 0 Å². The topological polar surface area (TPSA) is 54.5 Å². The molecule has 4 rings (SSSR count). The summed E-state index contributed by atoms with van der Waals surface area (Å²) in [6.07, 6.45) is 2.37. The van der Waals surface area contributed by atoms with Gasteiger partial charge in [0.2, 0.25) is 5.91 Å². The van der Waals surface area contributed by atoms with E-state index in [9.17, 15) is 4.79 Å². The Hall–Kier alpha value is -2.09. The molecule has 0 spiro atoms. The second-order valence-electron chi connectivity index (χ2n) is 7.86. The number of carbonyl (C=O) groups excluding carboxylic acids is 1. The van der Waals surface area contributed by atoms with Gasteiger partial charge in [0.05, 0.1) is 22.6 Å². The second-order valence-corrected chi connectivity index (χ2v) is 10.1. The van der Waals surface area contributed by atoms with Gasteiger partial charge in [-0.05, 0) is 56.0 Å². The smallest absolute Gasteiger partial charge is 0.230 e. The van der Waals surface area contributed by atoms with Crippen LogP contribution in [0.15, 0.2) is 52.9 Å². The van der Waals surface area contributed by atoms with Gasteiger partial charge in [-0.25, -0.2) is 4.98 Å². The van der Waals surface area contributed by atoms with Crippen molar-refractivity contribution < 1.29 is 9.53 Å². The minimum Gasteiger partial charge on any atom is -0.494 e. The maximum Gasteiger partial charge on any atom is 0.230 e. The SMILES string of the molecule is CCOc1ccc2nc(SCC(=O)NCC3CCCN(Cc4ccccc4)C3)sc2c1. The van der Waals surface area contributed by atoms with E-state index in [4.69, 9.17) is 4.74 Å². The van der Waals surface area contributed by atoms with Gasteiger partial charge in [0, 0.05) is 19.6 Å². The molecule has 1 aliphatic rings. The highest BCUT2D eigenvalue weighted by molar-refractivity contribution is 8.01. The van der Waals surface area contributed by atoms with Gasteiger partial charge in [-0.3, -0.25) is 9.69 Å². The van der Waals surface area contributed by atoms with Crippen LogP contribution < -0.4 is 10.1 Å². The van der Waals surface area contributed by atoms with Crippen LogP contribution in [0.25, 0.3) is 10.2 Å². The van der Waals surface area contributed by atoms with Gasteiger partial charge in [-0.1, -0.05) is 42.1 Å². The molecule has 3 aromatic rings. The van der Waals surface area contributed by atoms with Crippen molar-refractivity contribution in [3.63, 3.8) is 0 Å². The molecule has 7 heteroatoms. The molecular weight excluding hydrogens is 426 g/mol. The highest BCUT2D eigenvalue weighted by Gasteiger charge is 2.20. The molecule has 1 saturated heterocycles. The van der Waals surface area contributed by atoms with Crippen molar-refractivity contribution in [2.24, 2.45) is 5.92 Å². The normalized spacial score (nSPS) is 17.0. The Morgan fingerprint density at radius 3 is 3.00 bits per heavy atom. The summed E-state index contributed by atoms with van der Waals surface area (Å²) in [5, 5.41) is 3.14. The zero-order chi connectivity index (χ0) is 21.5. The lowest BCUT2D eigenvalue weighted by Gasteiger charge is -2.32. The van der Waals surface area contributed by atoms with Crippen molar-refractivity contribution in [1.29, 1.82) is 0 Å². The summed E-state index contributed by atoms with van der Waals surface area (Å²) in [5.74, 6) is 1.87.